The molecule has 0 heterocycles. The van der Waals surface area contributed by atoms with E-state index in [1.807, 2.05) is 48.5 Å². The lowest BCUT2D eigenvalue weighted by Crippen LogP contribution is -2.14. The van der Waals surface area contributed by atoms with E-state index in [0.29, 0.717) is 17.9 Å². The Bertz CT molecular complexity index is 1520. The second-order valence-corrected chi connectivity index (χ2v) is 7.77. The van der Waals surface area contributed by atoms with E-state index in [1.54, 1.807) is 24.3 Å². The van der Waals surface area contributed by atoms with Crippen molar-refractivity contribution < 1.29 is 19.2 Å². The molecule has 0 radical (unpaired) electrons. The van der Waals surface area contributed by atoms with Crippen molar-refractivity contribution in [2.24, 2.45) is 0 Å². The summed E-state index contributed by atoms with van der Waals surface area (Å²) in [5.41, 5.74) is 1.31. The van der Waals surface area contributed by atoms with E-state index in [2.05, 4.69) is 5.32 Å². The van der Waals surface area contributed by atoms with Gasteiger partial charge in [-0.05, 0) is 46.2 Å². The molecule has 0 aliphatic carbocycles. The van der Waals surface area contributed by atoms with Crippen molar-refractivity contribution in [1.29, 1.82) is 5.26 Å². The number of carbonyl (C=O) groups is 1. The number of nitrogens with zero attached hydrogens (tertiary/aromatic N) is 2. The van der Waals surface area contributed by atoms with Crippen molar-refractivity contribution in [2.75, 3.05) is 12.4 Å². The number of nitriles is 1. The van der Waals surface area contributed by atoms with Crippen molar-refractivity contribution in [3.63, 3.8) is 0 Å². The molecule has 0 fully saturated rings. The molecule has 0 aliphatic rings. The van der Waals surface area contributed by atoms with Crippen LogP contribution in [0.4, 0.5) is 11.4 Å². The number of benzene rings is 4. The Hall–Kier alpha value is -5.16. The molecular formula is C28H21N3O5. The summed E-state index contributed by atoms with van der Waals surface area (Å²) in [4.78, 5) is 23.3. The molecule has 178 valence electrons. The highest BCUT2D eigenvalue weighted by Crippen LogP contribution is 2.29. The molecule has 4 rings (SSSR count). The quantitative estimate of drug-likeness (QED) is 0.146. The maximum atomic E-state index is 12.8. The molecule has 4 aromatic carbocycles. The minimum Gasteiger partial charge on any atom is -0.495 e. The predicted molar refractivity (Wildman–Crippen MR) is 137 cm³/mol. The number of nitro groups is 1. The Kier molecular flexibility index (Phi) is 7.22. The second-order valence-electron chi connectivity index (χ2n) is 7.77. The summed E-state index contributed by atoms with van der Waals surface area (Å²) in [6.07, 6.45) is 1.42. The van der Waals surface area contributed by atoms with Gasteiger partial charge >= 0.3 is 0 Å². The SMILES string of the molecule is COc1ccc([N+](=O)[O-])cc1NC(=O)/C(C#N)=C/c1cccc(OCc2cccc3ccccc23)c1. The predicted octanol–water partition coefficient (Wildman–Crippen LogP) is 5.88. The summed E-state index contributed by atoms with van der Waals surface area (Å²) in [5, 5.41) is 25.4. The minimum atomic E-state index is -0.724. The number of fused-ring (bicyclic) bond motifs is 1. The van der Waals surface area contributed by atoms with Gasteiger partial charge in [0.25, 0.3) is 11.6 Å². The molecule has 0 atom stereocenters. The van der Waals surface area contributed by atoms with Gasteiger partial charge in [-0.3, -0.25) is 14.9 Å². The molecule has 0 aliphatic heterocycles. The van der Waals surface area contributed by atoms with Crippen LogP contribution in [-0.4, -0.2) is 17.9 Å². The highest BCUT2D eigenvalue weighted by molar-refractivity contribution is 6.10. The van der Waals surface area contributed by atoms with Gasteiger partial charge in [-0.1, -0.05) is 54.6 Å². The molecule has 4 aromatic rings. The molecule has 0 spiro atoms. The standard InChI is InChI=1S/C28H21N3O5/c1-35-27-13-12-23(31(33)34)16-26(27)30-28(32)22(17-29)14-19-6-4-10-24(15-19)36-18-21-9-5-8-20-7-2-3-11-25(20)21/h2-16H,18H2,1H3,(H,30,32)/b22-14+. The van der Waals surface area contributed by atoms with Crippen molar-refractivity contribution in [2.45, 2.75) is 6.61 Å². The number of amides is 1. The van der Waals surface area contributed by atoms with Crippen molar-refractivity contribution >= 4 is 34.1 Å². The average molecular weight is 479 g/mol. The van der Waals surface area contributed by atoms with Crippen LogP contribution in [-0.2, 0) is 11.4 Å². The Balaban J connectivity index is 1.52. The molecule has 1 amide bonds. The number of rotatable bonds is 8. The van der Waals surface area contributed by atoms with E-state index in [-0.39, 0.29) is 22.7 Å². The molecule has 1 N–H and O–H groups in total. The summed E-state index contributed by atoms with van der Waals surface area (Å²) < 4.78 is 11.1. The number of hydrogen-bond donors (Lipinski definition) is 1. The van der Waals surface area contributed by atoms with E-state index >= 15 is 0 Å². The monoisotopic (exact) mass is 479 g/mol. The Morgan fingerprint density at radius 2 is 1.83 bits per heavy atom. The molecule has 8 nitrogen and oxygen atoms in total. The van der Waals surface area contributed by atoms with Crippen molar-refractivity contribution in [3.05, 3.63) is 112 Å². The molecule has 0 aromatic heterocycles. The van der Waals surface area contributed by atoms with Gasteiger partial charge in [0.2, 0.25) is 0 Å². The van der Waals surface area contributed by atoms with Gasteiger partial charge in [0.05, 0.1) is 17.7 Å². The normalized spacial score (nSPS) is 10.9. The van der Waals surface area contributed by atoms with Gasteiger partial charge in [-0.25, -0.2) is 0 Å². The van der Waals surface area contributed by atoms with Gasteiger partial charge in [0.15, 0.2) is 0 Å². The zero-order valence-corrected chi connectivity index (χ0v) is 19.3. The first-order valence-corrected chi connectivity index (χ1v) is 10.9. The van der Waals surface area contributed by atoms with E-state index in [9.17, 15) is 20.2 Å². The fraction of sp³-hybridized carbons (Fsp3) is 0.0714. The van der Waals surface area contributed by atoms with E-state index in [1.165, 1.54) is 31.4 Å². The van der Waals surface area contributed by atoms with Gasteiger partial charge in [-0.15, -0.1) is 0 Å². The molecule has 0 saturated heterocycles. The van der Waals surface area contributed by atoms with Crippen LogP contribution in [0, 0.1) is 21.4 Å². The number of nitrogens with one attached hydrogen (secondary N) is 1. The molecular weight excluding hydrogens is 458 g/mol. The van der Waals surface area contributed by atoms with Crippen LogP contribution in [0.5, 0.6) is 11.5 Å². The lowest BCUT2D eigenvalue weighted by atomic mass is 10.1. The minimum absolute atomic E-state index is 0.0880. The molecule has 36 heavy (non-hydrogen) atoms. The highest BCUT2D eigenvalue weighted by atomic mass is 16.6. The molecule has 0 bridgehead atoms. The van der Waals surface area contributed by atoms with Crippen LogP contribution in [0.15, 0.2) is 90.5 Å². The van der Waals surface area contributed by atoms with Gasteiger partial charge in [0, 0.05) is 12.1 Å². The number of carbonyl (C=O) groups excluding carboxylic acids is 1. The maximum Gasteiger partial charge on any atom is 0.271 e. The van der Waals surface area contributed by atoms with Crippen LogP contribution in [0.25, 0.3) is 16.8 Å². The smallest absolute Gasteiger partial charge is 0.271 e. The topological polar surface area (TPSA) is 114 Å². The van der Waals surface area contributed by atoms with Crippen molar-refractivity contribution in [3.8, 4) is 17.6 Å². The van der Waals surface area contributed by atoms with Crippen LogP contribution in [0.3, 0.4) is 0 Å². The number of anilines is 1. The fourth-order valence-corrected chi connectivity index (χ4v) is 3.69. The Labute approximate surface area is 207 Å². The second kappa shape index (κ2) is 10.8. The fourth-order valence-electron chi connectivity index (χ4n) is 3.69. The first-order chi connectivity index (χ1) is 17.5. The van der Waals surface area contributed by atoms with Gasteiger partial charge in [-0.2, -0.15) is 5.26 Å². The van der Waals surface area contributed by atoms with Gasteiger partial charge in [0.1, 0.15) is 29.7 Å². The highest BCUT2D eigenvalue weighted by Gasteiger charge is 2.16. The molecule has 0 saturated carbocycles. The molecule has 0 unspecified atom stereocenters. The third kappa shape index (κ3) is 5.48. The summed E-state index contributed by atoms with van der Waals surface area (Å²) in [6, 6.07) is 26.8. The Morgan fingerprint density at radius 3 is 2.61 bits per heavy atom. The first kappa shape index (κ1) is 24.0. The third-order valence-electron chi connectivity index (χ3n) is 5.45. The van der Waals surface area contributed by atoms with Crippen LogP contribution < -0.4 is 14.8 Å². The average Bonchev–Trinajstić information content (AvgIpc) is 2.90. The van der Waals surface area contributed by atoms with Crippen molar-refractivity contribution in [1.82, 2.24) is 0 Å². The third-order valence-corrected chi connectivity index (χ3v) is 5.45. The van der Waals surface area contributed by atoms with Crippen LogP contribution in [0.2, 0.25) is 0 Å². The number of hydrogen-bond acceptors (Lipinski definition) is 6. The van der Waals surface area contributed by atoms with E-state index in [0.717, 1.165) is 16.3 Å². The summed E-state index contributed by atoms with van der Waals surface area (Å²) in [5.74, 6) is 0.0863. The number of ether oxygens (including phenoxy) is 2. The summed E-state index contributed by atoms with van der Waals surface area (Å²) in [6.45, 7) is 0.354. The Morgan fingerprint density at radius 1 is 1.06 bits per heavy atom. The lowest BCUT2D eigenvalue weighted by molar-refractivity contribution is -0.384. The number of nitro benzene ring substituents is 1. The zero-order chi connectivity index (χ0) is 25.5. The molecule has 8 heteroatoms. The van der Waals surface area contributed by atoms with Gasteiger partial charge < -0.3 is 14.8 Å². The zero-order valence-electron chi connectivity index (χ0n) is 19.3. The first-order valence-electron chi connectivity index (χ1n) is 10.9. The summed E-state index contributed by atoms with van der Waals surface area (Å²) in [7, 11) is 1.38. The van der Waals surface area contributed by atoms with E-state index in [4.69, 9.17) is 9.47 Å². The van der Waals surface area contributed by atoms with E-state index < -0.39 is 10.8 Å². The maximum absolute atomic E-state index is 12.8. The van der Waals surface area contributed by atoms with Crippen LogP contribution >= 0.6 is 0 Å². The lowest BCUT2D eigenvalue weighted by Gasteiger charge is -2.10. The number of methoxy groups -OCH3 is 1. The van der Waals surface area contributed by atoms with Crippen LogP contribution in [0.1, 0.15) is 11.1 Å². The number of non-ortho nitro benzene ring substituents is 1. The summed E-state index contributed by atoms with van der Waals surface area (Å²) >= 11 is 0. The largest absolute Gasteiger partial charge is 0.495 e.